The first-order valence-electron chi connectivity index (χ1n) is 7.71. The van der Waals surface area contributed by atoms with Gasteiger partial charge in [-0.15, -0.1) is 0 Å². The molecule has 1 amide bonds. The summed E-state index contributed by atoms with van der Waals surface area (Å²) in [6.45, 7) is 0.270. The van der Waals surface area contributed by atoms with Gasteiger partial charge in [0.1, 0.15) is 11.5 Å². The van der Waals surface area contributed by atoms with Crippen molar-refractivity contribution in [1.82, 2.24) is 10.5 Å². The van der Waals surface area contributed by atoms with E-state index in [1.54, 1.807) is 36.6 Å². The van der Waals surface area contributed by atoms with E-state index >= 15 is 0 Å². The van der Waals surface area contributed by atoms with E-state index in [1.807, 2.05) is 0 Å². The minimum absolute atomic E-state index is 0.0725. The Morgan fingerprint density at radius 2 is 2.00 bits per heavy atom. The van der Waals surface area contributed by atoms with Gasteiger partial charge in [0, 0.05) is 6.07 Å². The topological polar surface area (TPSA) is 68.3 Å². The van der Waals surface area contributed by atoms with Gasteiger partial charge in [-0.2, -0.15) is 0 Å². The zero-order valence-electron chi connectivity index (χ0n) is 12.8. The van der Waals surface area contributed by atoms with Crippen molar-refractivity contribution in [3.8, 4) is 11.5 Å². The summed E-state index contributed by atoms with van der Waals surface area (Å²) < 4.78 is 23.5. The van der Waals surface area contributed by atoms with Crippen molar-refractivity contribution in [2.45, 2.75) is 24.8 Å². The van der Waals surface area contributed by atoms with Gasteiger partial charge in [0.05, 0.1) is 18.2 Å². The fraction of sp³-hybridized carbons (Fsp3) is 0.222. The molecule has 0 atom stereocenters. The maximum absolute atomic E-state index is 13.1. The summed E-state index contributed by atoms with van der Waals surface area (Å²) in [7, 11) is 0. The van der Waals surface area contributed by atoms with Gasteiger partial charge in [0.15, 0.2) is 5.76 Å². The molecule has 4 rings (SSSR count). The zero-order valence-corrected chi connectivity index (χ0v) is 12.8. The number of hydrogen-bond donors (Lipinski definition) is 1. The molecule has 0 radical (unpaired) electrons. The van der Waals surface area contributed by atoms with Gasteiger partial charge >= 0.3 is 0 Å². The van der Waals surface area contributed by atoms with Gasteiger partial charge < -0.3 is 14.3 Å². The monoisotopic (exact) mass is 326 g/mol. The quantitative estimate of drug-likeness (QED) is 0.780. The summed E-state index contributed by atoms with van der Waals surface area (Å²) in [6, 6.07) is 11.4. The molecule has 1 aliphatic carbocycles. The first kappa shape index (κ1) is 14.7. The van der Waals surface area contributed by atoms with Gasteiger partial charge in [0.2, 0.25) is 11.7 Å². The molecule has 1 fully saturated rings. The Morgan fingerprint density at radius 3 is 2.67 bits per heavy atom. The van der Waals surface area contributed by atoms with E-state index in [-0.39, 0.29) is 18.3 Å². The van der Waals surface area contributed by atoms with Crippen LogP contribution in [-0.4, -0.2) is 11.1 Å². The first-order chi connectivity index (χ1) is 11.7. The van der Waals surface area contributed by atoms with Gasteiger partial charge in [-0.3, -0.25) is 4.79 Å². The van der Waals surface area contributed by atoms with Crippen LogP contribution in [0.4, 0.5) is 4.39 Å². The highest BCUT2D eigenvalue weighted by Gasteiger charge is 2.51. The number of carbonyl (C=O) groups is 1. The molecular formula is C18H15FN2O3. The Labute approximate surface area is 137 Å². The van der Waals surface area contributed by atoms with Crippen molar-refractivity contribution in [3.63, 3.8) is 0 Å². The molecule has 5 nitrogen and oxygen atoms in total. The smallest absolute Gasteiger partial charge is 0.230 e. The number of furan rings is 1. The predicted molar refractivity (Wildman–Crippen MR) is 83.4 cm³/mol. The lowest BCUT2D eigenvalue weighted by Gasteiger charge is -2.15. The number of rotatable bonds is 5. The highest BCUT2D eigenvalue weighted by atomic mass is 19.1. The molecule has 1 aliphatic rings. The van der Waals surface area contributed by atoms with Crippen molar-refractivity contribution in [2.24, 2.45) is 0 Å². The molecule has 2 aromatic heterocycles. The predicted octanol–water partition coefficient (Wildman–Crippen LogP) is 3.42. The maximum atomic E-state index is 13.1. The molecule has 0 aliphatic heterocycles. The van der Waals surface area contributed by atoms with Crippen molar-refractivity contribution in [2.75, 3.05) is 0 Å². The summed E-state index contributed by atoms with van der Waals surface area (Å²) in [6.07, 6.45) is 3.08. The van der Waals surface area contributed by atoms with E-state index in [9.17, 15) is 9.18 Å². The molecule has 3 aromatic rings. The lowest BCUT2D eigenvalue weighted by atomic mass is 9.95. The van der Waals surface area contributed by atoms with Crippen molar-refractivity contribution < 1.29 is 18.1 Å². The third kappa shape index (κ3) is 2.60. The first-order valence-corrected chi connectivity index (χ1v) is 7.71. The Bertz CT molecular complexity index is 849. The highest BCUT2D eigenvalue weighted by molar-refractivity contribution is 5.91. The lowest BCUT2D eigenvalue weighted by Crippen LogP contribution is -2.34. The van der Waals surface area contributed by atoms with E-state index < -0.39 is 5.41 Å². The second-order valence-corrected chi connectivity index (χ2v) is 5.93. The van der Waals surface area contributed by atoms with Crippen LogP contribution in [0, 0.1) is 5.82 Å². The summed E-state index contributed by atoms with van der Waals surface area (Å²) in [4.78, 5) is 12.5. The molecule has 0 spiro atoms. The second kappa shape index (κ2) is 5.63. The Kier molecular flexibility index (Phi) is 3.45. The molecular weight excluding hydrogens is 311 g/mol. The Hall–Kier alpha value is -2.89. The standard InChI is InChI=1S/C18H15FN2O3/c19-13-5-3-12(4-6-13)18(7-8-18)17(22)20-11-14-10-16(24-21-14)15-2-1-9-23-15/h1-6,9-10H,7-8,11H2,(H,20,22). The fourth-order valence-electron chi connectivity index (χ4n) is 2.81. The van der Waals surface area contributed by atoms with Crippen molar-refractivity contribution >= 4 is 5.91 Å². The van der Waals surface area contributed by atoms with Crippen LogP contribution in [0.15, 0.2) is 57.7 Å². The minimum Gasteiger partial charge on any atom is -0.461 e. The third-order valence-electron chi connectivity index (χ3n) is 4.33. The van der Waals surface area contributed by atoms with Crippen molar-refractivity contribution in [3.05, 3.63) is 65.8 Å². The number of amides is 1. The molecule has 24 heavy (non-hydrogen) atoms. The van der Waals surface area contributed by atoms with E-state index in [4.69, 9.17) is 8.94 Å². The summed E-state index contributed by atoms with van der Waals surface area (Å²) in [5, 5.41) is 6.82. The van der Waals surface area contributed by atoms with Crippen LogP contribution < -0.4 is 5.32 Å². The number of nitrogens with zero attached hydrogens (tertiary/aromatic N) is 1. The summed E-state index contributed by atoms with van der Waals surface area (Å²) >= 11 is 0. The van der Waals surface area contributed by atoms with Crippen LogP contribution in [0.2, 0.25) is 0 Å². The molecule has 2 heterocycles. The highest BCUT2D eigenvalue weighted by Crippen LogP contribution is 2.48. The molecule has 1 saturated carbocycles. The average molecular weight is 326 g/mol. The van der Waals surface area contributed by atoms with Crippen molar-refractivity contribution in [1.29, 1.82) is 0 Å². The average Bonchev–Trinajstić information content (AvgIpc) is 3.00. The number of benzene rings is 1. The van der Waals surface area contributed by atoms with E-state index in [1.165, 1.54) is 12.1 Å². The third-order valence-corrected chi connectivity index (χ3v) is 4.33. The molecule has 0 unspecified atom stereocenters. The largest absolute Gasteiger partial charge is 0.461 e. The lowest BCUT2D eigenvalue weighted by molar-refractivity contribution is -0.123. The second-order valence-electron chi connectivity index (χ2n) is 5.93. The number of hydrogen-bond acceptors (Lipinski definition) is 4. The Morgan fingerprint density at radius 1 is 1.21 bits per heavy atom. The number of aromatic nitrogens is 1. The molecule has 0 saturated heterocycles. The van der Waals surface area contributed by atoms with E-state index in [0.29, 0.717) is 17.2 Å². The molecule has 1 aromatic carbocycles. The Balaban J connectivity index is 1.43. The van der Waals surface area contributed by atoms with Crippen LogP contribution in [0.5, 0.6) is 0 Å². The van der Waals surface area contributed by atoms with Crippen LogP contribution in [0.3, 0.4) is 0 Å². The molecule has 6 heteroatoms. The number of nitrogens with one attached hydrogen (secondary N) is 1. The number of halogens is 1. The van der Waals surface area contributed by atoms with Crippen LogP contribution in [0.25, 0.3) is 11.5 Å². The number of carbonyl (C=O) groups excluding carboxylic acids is 1. The summed E-state index contributed by atoms with van der Waals surface area (Å²) in [5.41, 5.74) is 0.920. The minimum atomic E-state index is -0.540. The van der Waals surface area contributed by atoms with Crippen LogP contribution in [0.1, 0.15) is 24.1 Å². The van der Waals surface area contributed by atoms with Crippen LogP contribution >= 0.6 is 0 Å². The van der Waals surface area contributed by atoms with E-state index in [2.05, 4.69) is 10.5 Å². The molecule has 0 bridgehead atoms. The van der Waals surface area contributed by atoms with Crippen LogP contribution in [-0.2, 0) is 16.8 Å². The maximum Gasteiger partial charge on any atom is 0.230 e. The molecule has 122 valence electrons. The summed E-state index contributed by atoms with van der Waals surface area (Å²) in [5.74, 6) is 0.730. The SMILES string of the molecule is O=C(NCc1cc(-c2ccco2)on1)C1(c2ccc(F)cc2)CC1. The van der Waals surface area contributed by atoms with Gasteiger partial charge in [-0.1, -0.05) is 17.3 Å². The zero-order chi connectivity index (χ0) is 16.6. The van der Waals surface area contributed by atoms with Gasteiger partial charge in [0.25, 0.3) is 0 Å². The molecule has 1 N–H and O–H groups in total. The van der Waals surface area contributed by atoms with Gasteiger partial charge in [-0.25, -0.2) is 4.39 Å². The fourth-order valence-corrected chi connectivity index (χ4v) is 2.81. The van der Waals surface area contributed by atoms with E-state index in [0.717, 1.165) is 18.4 Å². The normalized spacial score (nSPS) is 15.2. The van der Waals surface area contributed by atoms with Gasteiger partial charge in [-0.05, 0) is 42.7 Å².